The maximum atomic E-state index is 13.4. The first-order chi connectivity index (χ1) is 13.6. The fourth-order valence-electron chi connectivity index (χ4n) is 2.69. The summed E-state index contributed by atoms with van der Waals surface area (Å²) >= 11 is 5.87. The summed E-state index contributed by atoms with van der Waals surface area (Å²) in [4.78, 5) is 8.36. The molecular weight excluding hydrogens is 377 g/mol. The number of rotatable bonds is 6. The van der Waals surface area contributed by atoms with E-state index in [9.17, 15) is 4.39 Å². The number of hydrogen-bond acceptors (Lipinski definition) is 5. The van der Waals surface area contributed by atoms with Gasteiger partial charge >= 0.3 is 0 Å². The van der Waals surface area contributed by atoms with E-state index in [1.54, 1.807) is 25.5 Å². The Kier molecular flexibility index (Phi) is 6.45. The molecule has 0 fully saturated rings. The third-order valence-electron chi connectivity index (χ3n) is 4.08. The van der Waals surface area contributed by atoms with E-state index in [0.717, 1.165) is 22.2 Å². The van der Waals surface area contributed by atoms with Crippen LogP contribution < -0.4 is 5.32 Å². The first kappa shape index (κ1) is 19.6. The molecule has 3 rings (SSSR count). The fourth-order valence-corrected chi connectivity index (χ4v) is 2.87. The summed E-state index contributed by atoms with van der Waals surface area (Å²) in [6, 6.07) is 12.3. The van der Waals surface area contributed by atoms with Crippen LogP contribution in [0.4, 0.5) is 15.9 Å². The highest BCUT2D eigenvalue weighted by molar-refractivity contribution is 6.31. The average molecular weight is 396 g/mol. The molecule has 0 amide bonds. The van der Waals surface area contributed by atoms with Gasteiger partial charge in [0, 0.05) is 48.1 Å². The smallest absolute Gasteiger partial charge is 0.160 e. The van der Waals surface area contributed by atoms with Gasteiger partial charge in [-0.25, -0.2) is 4.39 Å². The molecular formula is C21H19ClFN5. The quantitative estimate of drug-likeness (QED) is 0.569. The molecule has 0 aliphatic rings. The molecule has 0 spiro atoms. The second-order valence-corrected chi connectivity index (χ2v) is 6.32. The van der Waals surface area contributed by atoms with E-state index in [1.807, 2.05) is 37.3 Å². The summed E-state index contributed by atoms with van der Waals surface area (Å²) in [7, 11) is 1.74. The van der Waals surface area contributed by atoms with E-state index in [-0.39, 0.29) is 5.02 Å². The number of nitrogens with zero attached hydrogens (tertiary/aromatic N) is 4. The predicted molar refractivity (Wildman–Crippen MR) is 115 cm³/mol. The van der Waals surface area contributed by atoms with Crippen molar-refractivity contribution in [1.82, 2.24) is 10.2 Å². The highest BCUT2D eigenvalue weighted by atomic mass is 35.5. The van der Waals surface area contributed by atoms with Crippen molar-refractivity contribution in [2.24, 2.45) is 9.98 Å². The molecule has 0 radical (unpaired) electrons. The van der Waals surface area contributed by atoms with Gasteiger partial charge in [0.05, 0.1) is 10.7 Å². The number of allylic oxidation sites excluding steroid dienone is 1. The van der Waals surface area contributed by atoms with Crippen LogP contribution in [0.25, 0.3) is 10.8 Å². The molecule has 0 unspecified atom stereocenters. The number of halogens is 2. The van der Waals surface area contributed by atoms with Crippen LogP contribution in [0.3, 0.4) is 0 Å². The molecule has 1 aromatic heterocycles. The van der Waals surface area contributed by atoms with Crippen molar-refractivity contribution in [3.05, 3.63) is 71.3 Å². The van der Waals surface area contributed by atoms with Gasteiger partial charge in [0.1, 0.15) is 5.82 Å². The van der Waals surface area contributed by atoms with Gasteiger partial charge in [0.25, 0.3) is 0 Å². The molecule has 28 heavy (non-hydrogen) atoms. The first-order valence-corrected chi connectivity index (χ1v) is 9.06. The Morgan fingerprint density at radius 1 is 1.18 bits per heavy atom. The van der Waals surface area contributed by atoms with E-state index in [4.69, 9.17) is 11.6 Å². The third-order valence-corrected chi connectivity index (χ3v) is 4.37. The molecule has 0 aliphatic carbocycles. The van der Waals surface area contributed by atoms with Gasteiger partial charge in [-0.05, 0) is 31.2 Å². The summed E-state index contributed by atoms with van der Waals surface area (Å²) in [6.07, 6.45) is 5.79. The number of anilines is 2. The minimum atomic E-state index is -0.467. The molecule has 7 heteroatoms. The van der Waals surface area contributed by atoms with Crippen molar-refractivity contribution in [2.75, 3.05) is 12.4 Å². The Bertz CT molecular complexity index is 1080. The molecule has 1 N–H and O–H groups in total. The molecule has 3 aromatic rings. The minimum absolute atomic E-state index is 0.0456. The lowest BCUT2D eigenvalue weighted by atomic mass is 10.1. The average Bonchev–Trinajstić information content (AvgIpc) is 2.71. The topological polar surface area (TPSA) is 62.5 Å². The molecule has 0 atom stereocenters. The Labute approximate surface area is 167 Å². The van der Waals surface area contributed by atoms with Crippen molar-refractivity contribution in [3.8, 4) is 0 Å². The van der Waals surface area contributed by atoms with Crippen molar-refractivity contribution >= 4 is 45.8 Å². The Morgan fingerprint density at radius 3 is 2.68 bits per heavy atom. The van der Waals surface area contributed by atoms with Gasteiger partial charge < -0.3 is 5.32 Å². The normalized spacial score (nSPS) is 12.4. The summed E-state index contributed by atoms with van der Waals surface area (Å²) in [5, 5.41) is 13.8. The molecule has 2 aromatic carbocycles. The Hall–Kier alpha value is -3.12. The SMILES string of the molecule is CC=N/C=C\C(Cc1nnc(Nc2ccc(F)c(Cl)c2)c2ccccc12)=NC. The van der Waals surface area contributed by atoms with Crippen LogP contribution in [0.1, 0.15) is 12.6 Å². The highest BCUT2D eigenvalue weighted by Gasteiger charge is 2.11. The Morgan fingerprint density at radius 2 is 1.96 bits per heavy atom. The van der Waals surface area contributed by atoms with Crippen molar-refractivity contribution < 1.29 is 4.39 Å². The maximum Gasteiger partial charge on any atom is 0.160 e. The monoisotopic (exact) mass is 395 g/mol. The van der Waals surface area contributed by atoms with Gasteiger partial charge in [-0.1, -0.05) is 35.9 Å². The van der Waals surface area contributed by atoms with Gasteiger partial charge in [0.15, 0.2) is 5.82 Å². The van der Waals surface area contributed by atoms with Crippen LogP contribution in [0, 0.1) is 5.82 Å². The summed E-state index contributed by atoms with van der Waals surface area (Å²) in [5.74, 6) is 0.105. The third kappa shape index (κ3) is 4.58. The number of aliphatic imine (C=N–C) groups is 2. The van der Waals surface area contributed by atoms with Crippen molar-refractivity contribution in [2.45, 2.75) is 13.3 Å². The lowest BCUT2D eigenvalue weighted by Crippen LogP contribution is -2.06. The van der Waals surface area contributed by atoms with Crippen molar-refractivity contribution in [3.63, 3.8) is 0 Å². The van der Waals surface area contributed by atoms with Crippen LogP contribution in [0.2, 0.25) is 5.02 Å². The fraction of sp³-hybridized carbons (Fsp3) is 0.143. The molecule has 0 saturated carbocycles. The zero-order valence-corrected chi connectivity index (χ0v) is 16.3. The number of aromatic nitrogens is 2. The molecule has 142 valence electrons. The van der Waals surface area contributed by atoms with Crippen LogP contribution in [0.5, 0.6) is 0 Å². The van der Waals surface area contributed by atoms with Crippen LogP contribution in [0.15, 0.2) is 64.7 Å². The van der Waals surface area contributed by atoms with Gasteiger partial charge in [0.2, 0.25) is 0 Å². The predicted octanol–water partition coefficient (Wildman–Crippen LogP) is 5.38. The number of nitrogens with one attached hydrogen (secondary N) is 1. The standard InChI is InChI=1S/C21H19ClFN5/c1-3-25-11-10-14(24-2)13-20-16-6-4-5-7-17(16)21(28-27-20)26-15-8-9-19(23)18(22)12-15/h3-12H,13H2,1-2H3,(H,26,28)/b11-10-,24-14?,25-3?. The minimum Gasteiger partial charge on any atom is -0.338 e. The molecule has 0 bridgehead atoms. The zero-order valence-electron chi connectivity index (χ0n) is 15.5. The van der Waals surface area contributed by atoms with E-state index in [2.05, 4.69) is 25.5 Å². The second-order valence-electron chi connectivity index (χ2n) is 5.91. The molecule has 0 aliphatic heterocycles. The first-order valence-electron chi connectivity index (χ1n) is 8.68. The van der Waals surface area contributed by atoms with Gasteiger partial charge in [-0.3, -0.25) is 9.98 Å². The van der Waals surface area contributed by atoms with E-state index in [0.29, 0.717) is 17.9 Å². The van der Waals surface area contributed by atoms with E-state index in [1.165, 1.54) is 12.1 Å². The number of hydrogen-bond donors (Lipinski definition) is 1. The summed E-state index contributed by atoms with van der Waals surface area (Å²) in [5.41, 5.74) is 2.29. The van der Waals surface area contributed by atoms with Crippen molar-refractivity contribution in [1.29, 1.82) is 0 Å². The number of fused-ring (bicyclic) bond motifs is 1. The maximum absolute atomic E-state index is 13.4. The van der Waals surface area contributed by atoms with Gasteiger partial charge in [-0.2, -0.15) is 5.10 Å². The van der Waals surface area contributed by atoms with E-state index >= 15 is 0 Å². The lowest BCUT2D eigenvalue weighted by Gasteiger charge is -2.11. The summed E-state index contributed by atoms with van der Waals surface area (Å²) in [6.45, 7) is 1.85. The van der Waals surface area contributed by atoms with E-state index < -0.39 is 5.82 Å². The van der Waals surface area contributed by atoms with Crippen LogP contribution in [-0.2, 0) is 6.42 Å². The molecule has 5 nitrogen and oxygen atoms in total. The Balaban J connectivity index is 1.95. The van der Waals surface area contributed by atoms with Crippen LogP contribution in [-0.4, -0.2) is 29.2 Å². The lowest BCUT2D eigenvalue weighted by molar-refractivity contribution is 0.628. The van der Waals surface area contributed by atoms with Gasteiger partial charge in [-0.15, -0.1) is 5.10 Å². The number of benzene rings is 2. The highest BCUT2D eigenvalue weighted by Crippen LogP contribution is 2.27. The van der Waals surface area contributed by atoms with Crippen LogP contribution >= 0.6 is 11.6 Å². The largest absolute Gasteiger partial charge is 0.338 e. The summed E-state index contributed by atoms with van der Waals surface area (Å²) < 4.78 is 13.4. The molecule has 1 heterocycles. The molecule has 0 saturated heterocycles. The second kappa shape index (κ2) is 9.19. The zero-order chi connectivity index (χ0) is 19.9.